The molecule has 32 heavy (non-hydrogen) atoms. The molecule has 0 atom stereocenters. The van der Waals surface area contributed by atoms with Crippen molar-refractivity contribution in [3.8, 4) is 5.69 Å². The molecule has 6 nitrogen and oxygen atoms in total. The Morgan fingerprint density at radius 1 is 1.03 bits per heavy atom. The van der Waals surface area contributed by atoms with E-state index < -0.39 is 0 Å². The molecular formula is C25H23ClN4O2. The summed E-state index contributed by atoms with van der Waals surface area (Å²) in [6.45, 7) is 1.01. The summed E-state index contributed by atoms with van der Waals surface area (Å²) in [6, 6.07) is 17.6. The highest BCUT2D eigenvalue weighted by molar-refractivity contribution is 6.31. The number of aromatic amines is 1. The number of rotatable bonds is 6. The van der Waals surface area contributed by atoms with Crippen molar-refractivity contribution < 1.29 is 9.59 Å². The minimum absolute atomic E-state index is 0.0497. The summed E-state index contributed by atoms with van der Waals surface area (Å²) >= 11 is 6.10. The van der Waals surface area contributed by atoms with Gasteiger partial charge in [0.15, 0.2) is 0 Å². The highest BCUT2D eigenvalue weighted by Gasteiger charge is 2.25. The summed E-state index contributed by atoms with van der Waals surface area (Å²) in [5.74, 6) is -0.170. The van der Waals surface area contributed by atoms with Crippen LogP contribution in [0.3, 0.4) is 0 Å². The van der Waals surface area contributed by atoms with E-state index in [9.17, 15) is 9.59 Å². The number of nitrogens with one attached hydrogen (secondary N) is 2. The maximum Gasteiger partial charge on any atom is 0.227 e. The molecule has 5 rings (SSSR count). The van der Waals surface area contributed by atoms with E-state index in [0.29, 0.717) is 24.5 Å². The fourth-order valence-electron chi connectivity index (χ4n) is 4.28. The lowest BCUT2D eigenvalue weighted by Crippen LogP contribution is -2.35. The number of para-hydroxylation sites is 2. The van der Waals surface area contributed by atoms with Gasteiger partial charge >= 0.3 is 0 Å². The first kappa shape index (κ1) is 20.4. The molecule has 2 aromatic heterocycles. The number of anilines is 1. The second-order valence-corrected chi connectivity index (χ2v) is 8.38. The molecule has 2 amide bonds. The molecule has 3 heterocycles. The predicted molar refractivity (Wildman–Crippen MR) is 126 cm³/mol. The molecule has 7 heteroatoms. The van der Waals surface area contributed by atoms with Crippen LogP contribution in [0.4, 0.5) is 5.69 Å². The molecule has 0 unspecified atom stereocenters. The van der Waals surface area contributed by atoms with E-state index in [1.807, 2.05) is 67.0 Å². The average molecular weight is 447 g/mol. The molecular weight excluding hydrogens is 424 g/mol. The fourth-order valence-corrected chi connectivity index (χ4v) is 4.46. The number of hydrogen-bond acceptors (Lipinski definition) is 2. The Labute approximate surface area is 190 Å². The summed E-state index contributed by atoms with van der Waals surface area (Å²) in [5.41, 5.74) is 5.04. The first-order valence-electron chi connectivity index (χ1n) is 10.7. The lowest BCUT2D eigenvalue weighted by Gasteiger charge is -2.31. The van der Waals surface area contributed by atoms with Crippen LogP contribution < -0.4 is 10.2 Å². The number of fused-ring (bicyclic) bond motifs is 4. The highest BCUT2D eigenvalue weighted by atomic mass is 35.5. The molecule has 0 bridgehead atoms. The third-order valence-electron chi connectivity index (χ3n) is 5.90. The van der Waals surface area contributed by atoms with Gasteiger partial charge in [0.05, 0.1) is 17.9 Å². The third kappa shape index (κ3) is 3.89. The lowest BCUT2D eigenvalue weighted by molar-refractivity contribution is -0.125. The van der Waals surface area contributed by atoms with Gasteiger partial charge in [0.2, 0.25) is 11.8 Å². The normalized spacial score (nSPS) is 12.5. The number of aromatic nitrogens is 2. The van der Waals surface area contributed by atoms with Gasteiger partial charge < -0.3 is 19.8 Å². The molecule has 162 valence electrons. The van der Waals surface area contributed by atoms with Crippen LogP contribution in [-0.2, 0) is 22.6 Å². The first-order valence-corrected chi connectivity index (χ1v) is 11.1. The Morgan fingerprint density at radius 3 is 2.75 bits per heavy atom. The molecule has 0 saturated heterocycles. The number of nitrogens with zero attached hydrogens (tertiary/aromatic N) is 2. The topological polar surface area (TPSA) is 70.1 Å². The van der Waals surface area contributed by atoms with Gasteiger partial charge in [-0.3, -0.25) is 9.59 Å². The van der Waals surface area contributed by atoms with Crippen LogP contribution in [-0.4, -0.2) is 27.9 Å². The molecule has 2 aromatic carbocycles. The van der Waals surface area contributed by atoms with Crippen LogP contribution in [0.2, 0.25) is 5.02 Å². The Hall–Kier alpha value is -3.51. The fraction of sp³-hybridized carbons (Fsp3) is 0.200. The van der Waals surface area contributed by atoms with Crippen LogP contribution in [0.1, 0.15) is 24.1 Å². The maximum absolute atomic E-state index is 13.0. The van der Waals surface area contributed by atoms with Gasteiger partial charge in [-0.25, -0.2) is 0 Å². The van der Waals surface area contributed by atoms with Crippen molar-refractivity contribution in [3.05, 3.63) is 83.3 Å². The summed E-state index contributed by atoms with van der Waals surface area (Å²) in [6.07, 6.45) is 4.98. The van der Waals surface area contributed by atoms with Crippen LogP contribution >= 0.6 is 11.6 Å². The van der Waals surface area contributed by atoms with Crippen molar-refractivity contribution in [1.29, 1.82) is 0 Å². The van der Waals surface area contributed by atoms with Crippen molar-refractivity contribution in [1.82, 2.24) is 14.9 Å². The van der Waals surface area contributed by atoms with Gasteiger partial charge in [-0.05, 0) is 54.4 Å². The van der Waals surface area contributed by atoms with Crippen LogP contribution in [0, 0.1) is 0 Å². The average Bonchev–Trinajstić information content (AvgIpc) is 3.44. The van der Waals surface area contributed by atoms with Crippen molar-refractivity contribution in [2.75, 3.05) is 11.4 Å². The zero-order valence-corrected chi connectivity index (χ0v) is 18.2. The number of halogens is 1. The molecule has 2 N–H and O–H groups in total. The molecule has 0 radical (unpaired) electrons. The molecule has 1 aliphatic rings. The number of amides is 2. The summed E-state index contributed by atoms with van der Waals surface area (Å²) in [4.78, 5) is 30.3. The van der Waals surface area contributed by atoms with Crippen LogP contribution in [0.15, 0.2) is 67.0 Å². The largest absolute Gasteiger partial charge is 0.361 e. The quantitative estimate of drug-likeness (QED) is 0.454. The van der Waals surface area contributed by atoms with Gasteiger partial charge in [0, 0.05) is 53.4 Å². The van der Waals surface area contributed by atoms with Crippen molar-refractivity contribution in [2.24, 2.45) is 0 Å². The molecule has 1 aliphatic heterocycles. The number of carbonyl (C=O) groups is 2. The van der Waals surface area contributed by atoms with Crippen LogP contribution in [0.25, 0.3) is 16.6 Å². The van der Waals surface area contributed by atoms with Gasteiger partial charge in [-0.1, -0.05) is 23.7 Å². The van der Waals surface area contributed by atoms with Crippen molar-refractivity contribution in [3.63, 3.8) is 0 Å². The van der Waals surface area contributed by atoms with E-state index in [2.05, 4.69) is 14.9 Å². The van der Waals surface area contributed by atoms with Crippen molar-refractivity contribution >= 4 is 40.0 Å². The highest BCUT2D eigenvalue weighted by Crippen LogP contribution is 2.32. The maximum atomic E-state index is 13.0. The Morgan fingerprint density at radius 2 is 1.88 bits per heavy atom. The van der Waals surface area contributed by atoms with Gasteiger partial charge in [-0.2, -0.15) is 0 Å². The van der Waals surface area contributed by atoms with E-state index >= 15 is 0 Å². The van der Waals surface area contributed by atoms with Crippen LogP contribution in [0.5, 0.6) is 0 Å². The molecule has 0 spiro atoms. The molecule has 0 saturated carbocycles. The lowest BCUT2D eigenvalue weighted by atomic mass is 10.1. The zero-order valence-electron chi connectivity index (χ0n) is 17.5. The van der Waals surface area contributed by atoms with E-state index in [0.717, 1.165) is 33.5 Å². The van der Waals surface area contributed by atoms with Gasteiger partial charge in [0.1, 0.15) is 0 Å². The zero-order chi connectivity index (χ0) is 22.1. The van der Waals surface area contributed by atoms with E-state index in [1.165, 1.54) is 0 Å². The van der Waals surface area contributed by atoms with Crippen molar-refractivity contribution in [2.45, 2.75) is 25.8 Å². The van der Waals surface area contributed by atoms with Gasteiger partial charge in [0.25, 0.3) is 0 Å². The monoisotopic (exact) mass is 446 g/mol. The Kier molecular flexibility index (Phi) is 5.45. The Balaban J connectivity index is 1.16. The van der Waals surface area contributed by atoms with E-state index in [1.54, 1.807) is 4.90 Å². The number of hydrogen-bond donors (Lipinski definition) is 2. The SMILES string of the molecule is O=C(CCC(=O)N1Cc2cccn2-c2ccccc21)NCCc1c[nH]c2ccc(Cl)cc12. The Bertz CT molecular complexity index is 1310. The summed E-state index contributed by atoms with van der Waals surface area (Å²) in [7, 11) is 0. The first-order chi connectivity index (χ1) is 15.6. The molecule has 4 aromatic rings. The minimum Gasteiger partial charge on any atom is -0.361 e. The van der Waals surface area contributed by atoms with Gasteiger partial charge in [-0.15, -0.1) is 0 Å². The third-order valence-corrected chi connectivity index (χ3v) is 6.13. The summed E-state index contributed by atoms with van der Waals surface area (Å²) in [5, 5.41) is 4.68. The molecule has 0 aliphatic carbocycles. The standard InChI is InChI=1S/C25H23ClN4O2/c26-18-7-8-21-20(14-18)17(15-28-21)11-12-27-24(31)9-10-25(32)30-16-19-4-3-13-29(19)22-5-1-2-6-23(22)30/h1-8,13-15,28H,9-12,16H2,(H,27,31). The second-order valence-electron chi connectivity index (χ2n) is 7.94. The second kappa shape index (κ2) is 8.55. The number of H-pyrrole nitrogens is 1. The van der Waals surface area contributed by atoms with E-state index in [-0.39, 0.29) is 24.7 Å². The smallest absolute Gasteiger partial charge is 0.227 e. The molecule has 0 fully saturated rings. The summed E-state index contributed by atoms with van der Waals surface area (Å²) < 4.78 is 2.10. The number of benzene rings is 2. The number of carbonyl (C=O) groups excluding carboxylic acids is 2. The van der Waals surface area contributed by atoms with E-state index in [4.69, 9.17) is 11.6 Å². The predicted octanol–water partition coefficient (Wildman–Crippen LogP) is 4.60. The minimum atomic E-state index is -0.120.